The quantitative estimate of drug-likeness (QED) is 0.362. The first kappa shape index (κ1) is 12.0. The molecule has 1 N–H and O–H groups in total. The Balaban J connectivity index is 3.39. The van der Waals surface area contributed by atoms with Crippen LogP contribution in [0.25, 0.3) is 0 Å². The number of H-pyrrole nitrogens is 1. The lowest BCUT2D eigenvalue weighted by molar-refractivity contribution is 0.0590. The molecule has 0 saturated carbocycles. The van der Waals surface area contributed by atoms with E-state index in [1.165, 1.54) is 18.9 Å². The number of carbonyl (C=O) groups is 1. The Hall–Kier alpha value is -1.07. The standard InChI is InChI=1S/C7H9N2O4PS/c1-12-6(11)3-4(13-14)5(10)9-7(8-3)15-2/h14H2,1-2H3,(H,8,9,10). The van der Waals surface area contributed by atoms with Gasteiger partial charge in [-0.3, -0.25) is 9.78 Å². The second kappa shape index (κ2) is 5.14. The lowest BCUT2D eigenvalue weighted by Gasteiger charge is -2.05. The van der Waals surface area contributed by atoms with E-state index in [1.54, 1.807) is 6.26 Å². The van der Waals surface area contributed by atoms with E-state index in [1.807, 2.05) is 9.47 Å². The molecule has 0 amide bonds. The van der Waals surface area contributed by atoms with E-state index in [4.69, 9.17) is 4.52 Å². The molecule has 15 heavy (non-hydrogen) atoms. The minimum absolute atomic E-state index is 0.138. The maximum Gasteiger partial charge on any atom is 0.360 e. The van der Waals surface area contributed by atoms with E-state index in [-0.39, 0.29) is 11.4 Å². The molecule has 1 unspecified atom stereocenters. The van der Waals surface area contributed by atoms with Crippen LogP contribution in [0.1, 0.15) is 10.5 Å². The number of rotatable bonds is 3. The summed E-state index contributed by atoms with van der Waals surface area (Å²) >= 11 is 1.21. The Labute approximate surface area is 92.1 Å². The van der Waals surface area contributed by atoms with E-state index >= 15 is 0 Å². The SMILES string of the molecule is COC(=O)c1nc(SC)[nH]c(=O)c1OP. The number of esters is 1. The van der Waals surface area contributed by atoms with Crippen LogP contribution in [0.3, 0.4) is 0 Å². The molecule has 0 radical (unpaired) electrons. The fraction of sp³-hybridized carbons (Fsp3) is 0.286. The molecular formula is C7H9N2O4PS. The van der Waals surface area contributed by atoms with Gasteiger partial charge in [-0.1, -0.05) is 11.8 Å². The van der Waals surface area contributed by atoms with Gasteiger partial charge in [0.05, 0.1) is 16.6 Å². The first-order valence-electron chi connectivity index (χ1n) is 3.77. The number of carbonyl (C=O) groups excluding carboxylic acids is 1. The van der Waals surface area contributed by atoms with Crippen LogP contribution in [0.2, 0.25) is 0 Å². The number of hydrogen-bond acceptors (Lipinski definition) is 6. The predicted octanol–water partition coefficient (Wildman–Crippen LogP) is 0.447. The van der Waals surface area contributed by atoms with Gasteiger partial charge in [-0.2, -0.15) is 0 Å². The summed E-state index contributed by atoms with van der Waals surface area (Å²) < 4.78 is 9.18. The van der Waals surface area contributed by atoms with Crippen molar-refractivity contribution in [1.29, 1.82) is 0 Å². The van der Waals surface area contributed by atoms with E-state index in [2.05, 4.69) is 14.7 Å². The van der Waals surface area contributed by atoms with Crippen LogP contribution in [-0.4, -0.2) is 29.3 Å². The normalized spacial score (nSPS) is 9.80. The van der Waals surface area contributed by atoms with E-state index in [9.17, 15) is 9.59 Å². The van der Waals surface area contributed by atoms with Crippen LogP contribution in [0.4, 0.5) is 0 Å². The molecule has 1 aromatic rings. The summed E-state index contributed by atoms with van der Waals surface area (Å²) in [7, 11) is 3.09. The number of hydrogen-bond donors (Lipinski definition) is 1. The molecule has 0 fully saturated rings. The van der Waals surface area contributed by atoms with Gasteiger partial charge in [0.25, 0.3) is 5.56 Å². The minimum Gasteiger partial charge on any atom is -0.472 e. The number of ether oxygens (including phenoxy) is 1. The zero-order chi connectivity index (χ0) is 11.4. The van der Waals surface area contributed by atoms with Gasteiger partial charge in [0.1, 0.15) is 0 Å². The third-order valence-electron chi connectivity index (χ3n) is 1.55. The van der Waals surface area contributed by atoms with Gasteiger partial charge in [-0.25, -0.2) is 9.78 Å². The van der Waals surface area contributed by atoms with Crippen molar-refractivity contribution in [2.75, 3.05) is 13.4 Å². The highest BCUT2D eigenvalue weighted by Crippen LogP contribution is 2.16. The summed E-state index contributed by atoms with van der Waals surface area (Å²) in [6.07, 6.45) is 1.72. The molecule has 82 valence electrons. The third-order valence-corrected chi connectivity index (χ3v) is 2.36. The molecule has 0 aromatic carbocycles. The van der Waals surface area contributed by atoms with Crippen molar-refractivity contribution in [2.24, 2.45) is 0 Å². The molecule has 0 aliphatic carbocycles. The molecule has 0 saturated heterocycles. The van der Waals surface area contributed by atoms with Crippen molar-refractivity contribution in [1.82, 2.24) is 9.97 Å². The Morgan fingerprint density at radius 2 is 2.27 bits per heavy atom. The number of nitrogens with zero attached hydrogens (tertiary/aromatic N) is 1. The third kappa shape index (κ3) is 2.49. The highest BCUT2D eigenvalue weighted by molar-refractivity contribution is 7.98. The number of aromatic nitrogens is 2. The molecule has 1 rings (SSSR count). The summed E-state index contributed by atoms with van der Waals surface area (Å²) in [5, 5.41) is 0.325. The second-order valence-electron chi connectivity index (χ2n) is 2.36. The average Bonchev–Trinajstić information content (AvgIpc) is 2.26. The molecule has 0 spiro atoms. The van der Waals surface area contributed by atoms with Gasteiger partial charge in [0, 0.05) is 0 Å². The molecule has 8 heteroatoms. The zero-order valence-electron chi connectivity index (χ0n) is 8.07. The van der Waals surface area contributed by atoms with Gasteiger partial charge >= 0.3 is 5.97 Å². The average molecular weight is 248 g/mol. The Morgan fingerprint density at radius 3 is 2.73 bits per heavy atom. The largest absolute Gasteiger partial charge is 0.472 e. The summed E-state index contributed by atoms with van der Waals surface area (Å²) in [5.41, 5.74) is -0.662. The number of thioether (sulfide) groups is 1. The summed E-state index contributed by atoms with van der Waals surface area (Å²) in [6, 6.07) is 0. The minimum atomic E-state index is -0.714. The van der Waals surface area contributed by atoms with Crippen molar-refractivity contribution >= 4 is 27.2 Å². The van der Waals surface area contributed by atoms with Crippen molar-refractivity contribution < 1.29 is 14.1 Å². The van der Waals surface area contributed by atoms with Crippen LogP contribution < -0.4 is 10.1 Å². The summed E-state index contributed by atoms with van der Waals surface area (Å²) in [6.45, 7) is 0. The lowest BCUT2D eigenvalue weighted by atomic mass is 10.4. The highest BCUT2D eigenvalue weighted by atomic mass is 32.2. The maximum absolute atomic E-state index is 11.4. The molecular weight excluding hydrogens is 239 g/mol. The Bertz CT molecular complexity index is 433. The van der Waals surface area contributed by atoms with Crippen molar-refractivity contribution in [2.45, 2.75) is 5.16 Å². The molecule has 6 nitrogen and oxygen atoms in total. The van der Waals surface area contributed by atoms with Gasteiger partial charge in [-0.15, -0.1) is 0 Å². The second-order valence-corrected chi connectivity index (χ2v) is 3.39. The van der Waals surface area contributed by atoms with Gasteiger partial charge in [-0.05, 0) is 6.26 Å². The first-order chi connectivity index (χ1) is 7.13. The smallest absolute Gasteiger partial charge is 0.360 e. The first-order valence-corrected chi connectivity index (χ1v) is 5.47. The predicted molar refractivity (Wildman–Crippen MR) is 58.3 cm³/mol. The lowest BCUT2D eigenvalue weighted by Crippen LogP contribution is -2.17. The monoisotopic (exact) mass is 248 g/mol. The zero-order valence-corrected chi connectivity index (χ0v) is 10.0. The molecule has 0 bridgehead atoms. The molecule has 0 aliphatic heterocycles. The molecule has 1 heterocycles. The van der Waals surface area contributed by atoms with Crippen molar-refractivity contribution in [3.63, 3.8) is 0 Å². The Kier molecular flexibility index (Phi) is 4.11. The highest BCUT2D eigenvalue weighted by Gasteiger charge is 2.19. The molecule has 0 aliphatic rings. The van der Waals surface area contributed by atoms with Crippen LogP contribution in [0.5, 0.6) is 5.75 Å². The molecule has 1 aromatic heterocycles. The van der Waals surface area contributed by atoms with Crippen LogP contribution in [0, 0.1) is 0 Å². The van der Waals surface area contributed by atoms with Gasteiger partial charge < -0.3 is 9.26 Å². The molecule has 1 atom stereocenters. The van der Waals surface area contributed by atoms with Gasteiger partial charge in [0.2, 0.25) is 5.75 Å². The van der Waals surface area contributed by atoms with Crippen LogP contribution in [-0.2, 0) is 4.74 Å². The number of methoxy groups -OCH3 is 1. The van der Waals surface area contributed by atoms with Gasteiger partial charge in [0.15, 0.2) is 10.9 Å². The van der Waals surface area contributed by atoms with Crippen molar-refractivity contribution in [3.05, 3.63) is 16.0 Å². The van der Waals surface area contributed by atoms with Crippen LogP contribution >= 0.6 is 21.2 Å². The summed E-state index contributed by atoms with van der Waals surface area (Å²) in [5.74, 6) is -0.890. The van der Waals surface area contributed by atoms with E-state index in [0.717, 1.165) is 0 Å². The van der Waals surface area contributed by atoms with E-state index < -0.39 is 11.5 Å². The fourth-order valence-electron chi connectivity index (χ4n) is 0.883. The Morgan fingerprint density at radius 1 is 1.60 bits per heavy atom. The number of aromatic amines is 1. The number of nitrogens with one attached hydrogen (secondary N) is 1. The van der Waals surface area contributed by atoms with Crippen molar-refractivity contribution in [3.8, 4) is 5.75 Å². The van der Waals surface area contributed by atoms with E-state index in [0.29, 0.717) is 5.16 Å². The fourth-order valence-corrected chi connectivity index (χ4v) is 1.48. The summed E-state index contributed by atoms with van der Waals surface area (Å²) in [4.78, 5) is 29.0. The maximum atomic E-state index is 11.4. The van der Waals surface area contributed by atoms with Crippen LogP contribution in [0.15, 0.2) is 9.95 Å². The topological polar surface area (TPSA) is 81.3 Å².